The zero-order valence-corrected chi connectivity index (χ0v) is 11.1. The van der Waals surface area contributed by atoms with Crippen molar-refractivity contribution in [2.24, 2.45) is 0 Å². The largest absolute Gasteiger partial charge is 0.385 e. The Kier molecular flexibility index (Phi) is 4.82. The van der Waals surface area contributed by atoms with E-state index in [9.17, 15) is 4.79 Å². The molecule has 0 bridgehead atoms. The number of rotatable bonds is 5. The number of hydrogen-bond donors (Lipinski definition) is 0. The maximum absolute atomic E-state index is 11.9. The molecule has 1 aromatic heterocycles. The van der Waals surface area contributed by atoms with E-state index < -0.39 is 0 Å². The topological polar surface area (TPSA) is 39.2 Å². The highest BCUT2D eigenvalue weighted by molar-refractivity contribution is 5.96. The number of hydrogen-bond acceptors (Lipinski definition) is 3. The summed E-state index contributed by atoms with van der Waals surface area (Å²) in [6.07, 6.45) is 3.01. The first-order valence-corrected chi connectivity index (χ1v) is 5.94. The number of ketones is 1. The fourth-order valence-electron chi connectivity index (χ4n) is 1.54. The predicted molar refractivity (Wildman–Crippen MR) is 68.4 cm³/mol. The average Bonchev–Trinajstić information content (AvgIpc) is 2.28. The summed E-state index contributed by atoms with van der Waals surface area (Å²) in [5.74, 6) is 0.162. The molecule has 0 aliphatic rings. The smallest absolute Gasteiger partial charge is 0.163 e. The van der Waals surface area contributed by atoms with E-state index in [1.165, 1.54) is 0 Å². The lowest BCUT2D eigenvalue weighted by atomic mass is 9.90. The number of carbonyl (C=O) groups excluding carboxylic acids is 1. The van der Waals surface area contributed by atoms with Gasteiger partial charge in [-0.2, -0.15) is 0 Å². The SMILES string of the molecule is COCCCC(=O)c1ccnc(C(C)(C)C)c1. The number of Topliss-reactive ketones (excluding diaryl/α,β-unsaturated/α-hetero) is 1. The van der Waals surface area contributed by atoms with Gasteiger partial charge >= 0.3 is 0 Å². The van der Waals surface area contributed by atoms with Gasteiger partial charge in [0.05, 0.1) is 0 Å². The second-order valence-electron chi connectivity index (χ2n) is 5.20. The molecular formula is C14H21NO2. The van der Waals surface area contributed by atoms with Crippen molar-refractivity contribution in [1.82, 2.24) is 4.98 Å². The molecule has 0 aromatic carbocycles. The highest BCUT2D eigenvalue weighted by Crippen LogP contribution is 2.21. The van der Waals surface area contributed by atoms with E-state index in [-0.39, 0.29) is 11.2 Å². The van der Waals surface area contributed by atoms with Gasteiger partial charge in [0.1, 0.15) is 0 Å². The molecule has 0 fully saturated rings. The molecule has 0 atom stereocenters. The maximum Gasteiger partial charge on any atom is 0.163 e. The molecular weight excluding hydrogens is 214 g/mol. The Morgan fingerprint density at radius 2 is 2.12 bits per heavy atom. The van der Waals surface area contributed by atoms with Crippen LogP contribution >= 0.6 is 0 Å². The number of methoxy groups -OCH3 is 1. The van der Waals surface area contributed by atoms with Crippen LogP contribution < -0.4 is 0 Å². The minimum Gasteiger partial charge on any atom is -0.385 e. The highest BCUT2D eigenvalue weighted by atomic mass is 16.5. The molecule has 0 saturated carbocycles. The first kappa shape index (κ1) is 13.8. The standard InChI is InChI=1S/C14H21NO2/c1-14(2,3)13-10-11(7-8-15-13)12(16)6-5-9-17-4/h7-8,10H,5-6,9H2,1-4H3. The Morgan fingerprint density at radius 3 is 2.71 bits per heavy atom. The summed E-state index contributed by atoms with van der Waals surface area (Å²) in [7, 11) is 1.65. The van der Waals surface area contributed by atoms with Crippen molar-refractivity contribution in [3.05, 3.63) is 29.6 Å². The summed E-state index contributed by atoms with van der Waals surface area (Å²) in [6.45, 7) is 6.90. The number of aromatic nitrogens is 1. The second kappa shape index (κ2) is 5.92. The molecule has 1 heterocycles. The third-order valence-corrected chi connectivity index (χ3v) is 2.60. The summed E-state index contributed by atoms with van der Waals surface area (Å²) in [5.41, 5.74) is 1.68. The summed E-state index contributed by atoms with van der Waals surface area (Å²) >= 11 is 0. The van der Waals surface area contributed by atoms with Gasteiger partial charge in [-0.25, -0.2) is 0 Å². The van der Waals surface area contributed by atoms with Crippen molar-refractivity contribution >= 4 is 5.78 Å². The molecule has 0 amide bonds. The summed E-state index contributed by atoms with van der Waals surface area (Å²) in [4.78, 5) is 16.2. The van der Waals surface area contributed by atoms with Crippen LogP contribution in [-0.2, 0) is 10.2 Å². The molecule has 0 spiro atoms. The number of pyridine rings is 1. The molecule has 0 N–H and O–H groups in total. The summed E-state index contributed by atoms with van der Waals surface area (Å²) in [5, 5.41) is 0. The van der Waals surface area contributed by atoms with Gasteiger partial charge in [0, 0.05) is 43.0 Å². The van der Waals surface area contributed by atoms with E-state index in [0.29, 0.717) is 13.0 Å². The van der Waals surface area contributed by atoms with Gasteiger partial charge in [0.2, 0.25) is 0 Å². The van der Waals surface area contributed by atoms with E-state index in [2.05, 4.69) is 25.8 Å². The van der Waals surface area contributed by atoms with Crippen LogP contribution in [0.2, 0.25) is 0 Å². The minimum atomic E-state index is -0.0250. The second-order valence-corrected chi connectivity index (χ2v) is 5.20. The molecule has 3 heteroatoms. The third-order valence-electron chi connectivity index (χ3n) is 2.60. The highest BCUT2D eigenvalue weighted by Gasteiger charge is 2.17. The van der Waals surface area contributed by atoms with Crippen molar-refractivity contribution in [3.8, 4) is 0 Å². The van der Waals surface area contributed by atoms with Gasteiger partial charge < -0.3 is 4.74 Å². The number of nitrogens with zero attached hydrogens (tertiary/aromatic N) is 1. The fourth-order valence-corrected chi connectivity index (χ4v) is 1.54. The van der Waals surface area contributed by atoms with Crippen LogP contribution in [0, 0.1) is 0 Å². The van der Waals surface area contributed by atoms with Gasteiger partial charge in [-0.05, 0) is 18.6 Å². The first-order chi connectivity index (χ1) is 7.95. The monoisotopic (exact) mass is 235 g/mol. The van der Waals surface area contributed by atoms with Gasteiger partial charge in [0.15, 0.2) is 5.78 Å². The Balaban J connectivity index is 2.74. The zero-order valence-electron chi connectivity index (χ0n) is 11.1. The molecule has 0 saturated heterocycles. The quantitative estimate of drug-likeness (QED) is 0.581. The first-order valence-electron chi connectivity index (χ1n) is 5.94. The van der Waals surface area contributed by atoms with E-state index in [1.807, 2.05) is 6.07 Å². The molecule has 0 unspecified atom stereocenters. The van der Waals surface area contributed by atoms with Crippen molar-refractivity contribution in [2.45, 2.75) is 39.0 Å². The van der Waals surface area contributed by atoms with Crippen molar-refractivity contribution in [1.29, 1.82) is 0 Å². The molecule has 3 nitrogen and oxygen atoms in total. The molecule has 0 radical (unpaired) electrons. The van der Waals surface area contributed by atoms with Crippen LogP contribution in [-0.4, -0.2) is 24.5 Å². The summed E-state index contributed by atoms with van der Waals surface area (Å²) in [6, 6.07) is 3.68. The van der Waals surface area contributed by atoms with Crippen LogP contribution in [0.1, 0.15) is 49.7 Å². The van der Waals surface area contributed by atoms with Crippen LogP contribution in [0.25, 0.3) is 0 Å². The lowest BCUT2D eigenvalue weighted by molar-refractivity contribution is 0.0963. The van der Waals surface area contributed by atoms with Crippen LogP contribution in [0.3, 0.4) is 0 Å². The molecule has 17 heavy (non-hydrogen) atoms. The zero-order chi connectivity index (χ0) is 12.9. The lowest BCUT2D eigenvalue weighted by Gasteiger charge is -2.17. The average molecular weight is 235 g/mol. The lowest BCUT2D eigenvalue weighted by Crippen LogP contribution is -2.14. The Hall–Kier alpha value is -1.22. The van der Waals surface area contributed by atoms with E-state index in [0.717, 1.165) is 17.7 Å². The van der Waals surface area contributed by atoms with Crippen molar-refractivity contribution in [3.63, 3.8) is 0 Å². The van der Waals surface area contributed by atoms with Gasteiger partial charge in [0.25, 0.3) is 0 Å². The minimum absolute atomic E-state index is 0.0250. The Morgan fingerprint density at radius 1 is 1.41 bits per heavy atom. The Bertz CT molecular complexity index is 380. The van der Waals surface area contributed by atoms with Crippen LogP contribution in [0.5, 0.6) is 0 Å². The van der Waals surface area contributed by atoms with E-state index >= 15 is 0 Å². The third kappa shape index (κ3) is 4.27. The molecule has 1 rings (SSSR count). The van der Waals surface area contributed by atoms with Crippen LogP contribution in [0.15, 0.2) is 18.3 Å². The van der Waals surface area contributed by atoms with Crippen molar-refractivity contribution in [2.75, 3.05) is 13.7 Å². The predicted octanol–water partition coefficient (Wildman–Crippen LogP) is 2.99. The summed E-state index contributed by atoms with van der Waals surface area (Å²) < 4.78 is 4.94. The molecule has 0 aliphatic heterocycles. The van der Waals surface area contributed by atoms with Gasteiger partial charge in [-0.3, -0.25) is 9.78 Å². The molecule has 0 aliphatic carbocycles. The van der Waals surface area contributed by atoms with Crippen molar-refractivity contribution < 1.29 is 9.53 Å². The Labute approximate surface area is 103 Å². The van der Waals surface area contributed by atoms with E-state index in [1.54, 1.807) is 19.4 Å². The molecule has 1 aromatic rings. The molecule has 94 valence electrons. The van der Waals surface area contributed by atoms with Gasteiger partial charge in [-0.15, -0.1) is 0 Å². The maximum atomic E-state index is 11.9. The fraction of sp³-hybridized carbons (Fsp3) is 0.571. The normalized spacial score (nSPS) is 11.5. The van der Waals surface area contributed by atoms with Crippen LogP contribution in [0.4, 0.5) is 0 Å². The van der Waals surface area contributed by atoms with E-state index in [4.69, 9.17) is 4.74 Å². The number of ether oxygens (including phenoxy) is 1. The number of carbonyl (C=O) groups is 1. The van der Waals surface area contributed by atoms with Gasteiger partial charge in [-0.1, -0.05) is 20.8 Å².